The van der Waals surface area contributed by atoms with Crippen molar-refractivity contribution in [3.63, 3.8) is 0 Å². The molecular formula is C8H19P. The fourth-order valence-electron chi connectivity index (χ4n) is 0.859. The Morgan fingerprint density at radius 3 is 1.67 bits per heavy atom. The average Bonchev–Trinajstić information content (AvgIpc) is 1.63. The fourth-order valence-corrected chi connectivity index (χ4v) is 1.29. The molecule has 0 saturated heterocycles. The van der Waals surface area contributed by atoms with Crippen LogP contribution in [-0.2, 0) is 0 Å². The highest BCUT2D eigenvalue weighted by atomic mass is 31.0. The molecule has 0 radical (unpaired) electrons. The normalized spacial score (nSPS) is 18.0. The molecule has 3 atom stereocenters. The summed E-state index contributed by atoms with van der Waals surface area (Å²) < 4.78 is 0. The molecule has 1 heteroatoms. The van der Waals surface area contributed by atoms with E-state index in [-0.39, 0.29) is 0 Å². The molecule has 56 valence electrons. The van der Waals surface area contributed by atoms with Crippen LogP contribution < -0.4 is 0 Å². The van der Waals surface area contributed by atoms with Gasteiger partial charge in [-0.25, -0.2) is 0 Å². The van der Waals surface area contributed by atoms with Crippen molar-refractivity contribution < 1.29 is 0 Å². The molecule has 0 aliphatic heterocycles. The minimum absolute atomic E-state index is 0.780. The van der Waals surface area contributed by atoms with E-state index in [1.807, 2.05) is 0 Å². The molecule has 0 amide bonds. The predicted molar refractivity (Wildman–Crippen MR) is 47.8 cm³/mol. The largest absolute Gasteiger partial charge is 0.135 e. The molecule has 9 heavy (non-hydrogen) atoms. The van der Waals surface area contributed by atoms with Crippen LogP contribution in [-0.4, -0.2) is 5.66 Å². The zero-order valence-electron chi connectivity index (χ0n) is 7.02. The molecule has 0 aromatic carbocycles. The quantitative estimate of drug-likeness (QED) is 0.537. The molecule has 0 heterocycles. The average molecular weight is 146 g/mol. The van der Waals surface area contributed by atoms with Gasteiger partial charge in [0.05, 0.1) is 0 Å². The Hall–Kier alpha value is 0.430. The molecular weight excluding hydrogens is 127 g/mol. The van der Waals surface area contributed by atoms with Crippen LogP contribution in [0.25, 0.3) is 0 Å². The highest BCUT2D eigenvalue weighted by Crippen LogP contribution is 2.19. The van der Waals surface area contributed by atoms with E-state index in [4.69, 9.17) is 0 Å². The standard InChI is InChI=1S/C8H19P/c1-6(2)7(3)5-8(4)9/h6-8H,5,9H2,1-4H3. The van der Waals surface area contributed by atoms with E-state index < -0.39 is 0 Å². The molecule has 0 fully saturated rings. The summed E-state index contributed by atoms with van der Waals surface area (Å²) in [5, 5.41) is 0. The minimum Gasteiger partial charge on any atom is -0.135 e. The molecule has 0 aromatic rings. The van der Waals surface area contributed by atoms with Crippen LogP contribution in [0.15, 0.2) is 0 Å². The molecule has 0 bridgehead atoms. The van der Waals surface area contributed by atoms with Gasteiger partial charge < -0.3 is 0 Å². The topological polar surface area (TPSA) is 0 Å². The van der Waals surface area contributed by atoms with Gasteiger partial charge in [-0.05, 0) is 23.9 Å². The van der Waals surface area contributed by atoms with Crippen molar-refractivity contribution in [2.45, 2.75) is 39.8 Å². The molecule has 0 aliphatic carbocycles. The lowest BCUT2D eigenvalue weighted by molar-refractivity contribution is 0.392. The first-order chi connectivity index (χ1) is 4.04. The van der Waals surface area contributed by atoms with Crippen molar-refractivity contribution in [2.75, 3.05) is 0 Å². The second kappa shape index (κ2) is 4.28. The summed E-state index contributed by atoms with van der Waals surface area (Å²) >= 11 is 0. The minimum atomic E-state index is 0.780. The number of hydrogen-bond donors (Lipinski definition) is 0. The first-order valence-corrected chi connectivity index (χ1v) is 4.46. The molecule has 0 N–H and O–H groups in total. The lowest BCUT2D eigenvalue weighted by Crippen LogP contribution is -2.07. The van der Waals surface area contributed by atoms with Gasteiger partial charge in [0, 0.05) is 0 Å². The Labute approximate surface area is 61.6 Å². The first kappa shape index (κ1) is 9.43. The Morgan fingerprint density at radius 2 is 1.56 bits per heavy atom. The van der Waals surface area contributed by atoms with E-state index >= 15 is 0 Å². The van der Waals surface area contributed by atoms with Crippen molar-refractivity contribution in [1.82, 2.24) is 0 Å². The van der Waals surface area contributed by atoms with Gasteiger partial charge in [-0.3, -0.25) is 0 Å². The van der Waals surface area contributed by atoms with Gasteiger partial charge in [-0.1, -0.05) is 27.7 Å². The molecule has 0 aliphatic rings. The monoisotopic (exact) mass is 146 g/mol. The van der Waals surface area contributed by atoms with Crippen LogP contribution in [0.4, 0.5) is 0 Å². The summed E-state index contributed by atoms with van der Waals surface area (Å²) in [6.45, 7) is 9.16. The maximum atomic E-state index is 2.85. The van der Waals surface area contributed by atoms with Gasteiger partial charge in [-0.15, -0.1) is 9.24 Å². The molecule has 3 unspecified atom stereocenters. The zero-order chi connectivity index (χ0) is 7.44. The number of rotatable bonds is 3. The number of hydrogen-bond acceptors (Lipinski definition) is 0. The fraction of sp³-hybridized carbons (Fsp3) is 1.00. The van der Waals surface area contributed by atoms with Crippen molar-refractivity contribution in [1.29, 1.82) is 0 Å². The zero-order valence-corrected chi connectivity index (χ0v) is 8.17. The lowest BCUT2D eigenvalue weighted by Gasteiger charge is -2.16. The molecule has 0 nitrogen and oxygen atoms in total. The second-order valence-corrected chi connectivity index (χ2v) is 4.57. The van der Waals surface area contributed by atoms with E-state index in [0.717, 1.165) is 17.5 Å². The van der Waals surface area contributed by atoms with Crippen molar-refractivity contribution in [2.24, 2.45) is 11.8 Å². The van der Waals surface area contributed by atoms with Crippen LogP contribution in [0.5, 0.6) is 0 Å². The third-order valence-corrected chi connectivity index (χ3v) is 2.15. The summed E-state index contributed by atoms with van der Waals surface area (Å²) in [7, 11) is 2.85. The maximum absolute atomic E-state index is 2.85. The van der Waals surface area contributed by atoms with E-state index in [1.54, 1.807) is 0 Å². The Morgan fingerprint density at radius 1 is 1.11 bits per heavy atom. The Kier molecular flexibility index (Phi) is 4.48. The smallest absolute Gasteiger partial charge is 0.0290 e. The second-order valence-electron chi connectivity index (χ2n) is 3.43. The first-order valence-electron chi connectivity index (χ1n) is 3.79. The van der Waals surface area contributed by atoms with Crippen molar-refractivity contribution in [3.05, 3.63) is 0 Å². The van der Waals surface area contributed by atoms with Crippen LogP contribution in [0.1, 0.15) is 34.1 Å². The highest BCUT2D eigenvalue weighted by molar-refractivity contribution is 7.17. The SMILES string of the molecule is CC(P)CC(C)C(C)C. The summed E-state index contributed by atoms with van der Waals surface area (Å²) in [4.78, 5) is 0. The molecule has 0 spiro atoms. The highest BCUT2D eigenvalue weighted by Gasteiger charge is 2.07. The van der Waals surface area contributed by atoms with Crippen LogP contribution in [0, 0.1) is 11.8 Å². The third-order valence-electron chi connectivity index (χ3n) is 1.88. The van der Waals surface area contributed by atoms with Crippen LogP contribution in [0.2, 0.25) is 0 Å². The van der Waals surface area contributed by atoms with Gasteiger partial charge in [-0.2, -0.15) is 0 Å². The van der Waals surface area contributed by atoms with Gasteiger partial charge in [0.2, 0.25) is 0 Å². The van der Waals surface area contributed by atoms with Gasteiger partial charge in [0.1, 0.15) is 0 Å². The lowest BCUT2D eigenvalue weighted by atomic mass is 9.93. The van der Waals surface area contributed by atoms with Crippen LogP contribution >= 0.6 is 9.24 Å². The summed E-state index contributed by atoms with van der Waals surface area (Å²) in [6, 6.07) is 0. The van der Waals surface area contributed by atoms with Gasteiger partial charge in [0.25, 0.3) is 0 Å². The van der Waals surface area contributed by atoms with E-state index in [2.05, 4.69) is 36.9 Å². The van der Waals surface area contributed by atoms with Gasteiger partial charge in [0.15, 0.2) is 0 Å². The molecule has 0 aromatic heterocycles. The van der Waals surface area contributed by atoms with E-state index in [1.165, 1.54) is 6.42 Å². The predicted octanol–water partition coefficient (Wildman–Crippen LogP) is 2.93. The summed E-state index contributed by atoms with van der Waals surface area (Å²) in [5.74, 6) is 1.71. The summed E-state index contributed by atoms with van der Waals surface area (Å²) in [5.41, 5.74) is 0.780. The van der Waals surface area contributed by atoms with Gasteiger partial charge >= 0.3 is 0 Å². The Bertz CT molecular complexity index is 67.0. The summed E-state index contributed by atoms with van der Waals surface area (Å²) in [6.07, 6.45) is 1.34. The maximum Gasteiger partial charge on any atom is -0.0290 e. The van der Waals surface area contributed by atoms with E-state index in [9.17, 15) is 0 Å². The van der Waals surface area contributed by atoms with Crippen LogP contribution in [0.3, 0.4) is 0 Å². The Balaban J connectivity index is 3.38. The molecule has 0 rings (SSSR count). The third kappa shape index (κ3) is 4.90. The molecule has 0 saturated carbocycles. The van der Waals surface area contributed by atoms with E-state index in [0.29, 0.717) is 0 Å². The van der Waals surface area contributed by atoms with Crippen molar-refractivity contribution in [3.8, 4) is 0 Å². The van der Waals surface area contributed by atoms with Crippen molar-refractivity contribution >= 4 is 9.24 Å².